The second-order valence-corrected chi connectivity index (χ2v) is 6.17. The predicted molar refractivity (Wildman–Crippen MR) is 49.9 cm³/mol. The van der Waals surface area contributed by atoms with Crippen LogP contribution in [0.15, 0.2) is 0 Å². The third kappa shape index (κ3) is 0.742. The summed E-state index contributed by atoms with van der Waals surface area (Å²) in [4.78, 5) is 11.6. The molecule has 1 aliphatic carbocycles. The van der Waals surface area contributed by atoms with Gasteiger partial charge in [0.25, 0.3) is 0 Å². The molecule has 1 fully saturated rings. The van der Waals surface area contributed by atoms with Crippen molar-refractivity contribution in [1.29, 1.82) is 0 Å². The fraction of sp³-hybridized carbons (Fsp3) is 0.889. The van der Waals surface area contributed by atoms with E-state index in [1.54, 1.807) is 0 Å². The van der Waals surface area contributed by atoms with Crippen molar-refractivity contribution in [2.45, 2.75) is 38.9 Å². The van der Waals surface area contributed by atoms with Gasteiger partial charge in [-0.2, -0.15) is 0 Å². The Hall–Kier alpha value is 0.150. The summed E-state index contributed by atoms with van der Waals surface area (Å²) in [5, 5.41) is 0. The number of ketones is 1. The Morgan fingerprint density at radius 3 is 1.55 bits per heavy atom. The van der Waals surface area contributed by atoms with E-state index < -0.39 is 0 Å². The van der Waals surface area contributed by atoms with Crippen LogP contribution in [0.2, 0.25) is 0 Å². The van der Waals surface area contributed by atoms with E-state index in [-0.39, 0.29) is 15.2 Å². The summed E-state index contributed by atoms with van der Waals surface area (Å²) in [6.07, 6.45) is 0. The molecule has 64 valence electrons. The van der Waals surface area contributed by atoms with Crippen LogP contribution in [0.3, 0.4) is 0 Å². The normalized spacial score (nSPS) is 40.0. The molecule has 0 radical (unpaired) electrons. The second kappa shape index (κ2) is 1.90. The maximum absolute atomic E-state index is 11.6. The van der Waals surface area contributed by atoms with Gasteiger partial charge in [0.15, 0.2) is 5.78 Å². The molecular formula is C9H15BrO. The van der Waals surface area contributed by atoms with E-state index in [2.05, 4.69) is 29.8 Å². The maximum atomic E-state index is 11.6. The van der Waals surface area contributed by atoms with Gasteiger partial charge in [0.1, 0.15) is 0 Å². The average Bonchev–Trinajstić information content (AvgIpc) is 1.84. The quantitative estimate of drug-likeness (QED) is 0.572. The van der Waals surface area contributed by atoms with Crippen molar-refractivity contribution in [3.63, 3.8) is 0 Å². The lowest BCUT2D eigenvalue weighted by atomic mass is 9.46. The molecule has 0 spiro atoms. The van der Waals surface area contributed by atoms with Gasteiger partial charge in [0.05, 0.1) is 4.32 Å². The molecule has 0 bridgehead atoms. The topological polar surface area (TPSA) is 17.1 Å². The van der Waals surface area contributed by atoms with Gasteiger partial charge in [-0.15, -0.1) is 0 Å². The van der Waals surface area contributed by atoms with E-state index in [4.69, 9.17) is 0 Å². The highest BCUT2D eigenvalue weighted by molar-refractivity contribution is 9.10. The van der Waals surface area contributed by atoms with Crippen LogP contribution in [0.25, 0.3) is 0 Å². The molecule has 1 nitrogen and oxygen atoms in total. The molecule has 1 unspecified atom stereocenters. The van der Waals surface area contributed by atoms with Crippen molar-refractivity contribution in [3.8, 4) is 0 Å². The number of hydrogen-bond acceptors (Lipinski definition) is 1. The molecule has 0 amide bonds. The number of carbonyl (C=O) groups excluding carboxylic acids is 1. The van der Waals surface area contributed by atoms with Crippen molar-refractivity contribution in [1.82, 2.24) is 0 Å². The third-order valence-electron chi connectivity index (χ3n) is 3.73. The first-order chi connectivity index (χ1) is 4.65. The predicted octanol–water partition coefficient (Wildman–Crippen LogP) is 2.78. The van der Waals surface area contributed by atoms with Crippen LogP contribution in [-0.2, 0) is 4.79 Å². The molecule has 0 aromatic carbocycles. The zero-order valence-electron chi connectivity index (χ0n) is 7.79. The van der Waals surface area contributed by atoms with Crippen LogP contribution in [0, 0.1) is 10.8 Å². The Balaban J connectivity index is 3.08. The highest BCUT2D eigenvalue weighted by Crippen LogP contribution is 2.63. The number of carbonyl (C=O) groups is 1. The maximum Gasteiger partial charge on any atom is 0.156 e. The largest absolute Gasteiger partial charge is 0.297 e. The Bertz CT molecular complexity index is 194. The highest BCUT2D eigenvalue weighted by atomic mass is 79.9. The van der Waals surface area contributed by atoms with Gasteiger partial charge in [-0.05, 0) is 12.3 Å². The van der Waals surface area contributed by atoms with Crippen molar-refractivity contribution in [3.05, 3.63) is 0 Å². The van der Waals surface area contributed by atoms with E-state index >= 15 is 0 Å². The monoisotopic (exact) mass is 218 g/mol. The summed E-state index contributed by atoms with van der Waals surface area (Å²) in [6.45, 7) is 10.2. The van der Waals surface area contributed by atoms with Crippen LogP contribution >= 0.6 is 15.9 Å². The van der Waals surface area contributed by atoms with E-state index in [1.807, 2.05) is 20.8 Å². The van der Waals surface area contributed by atoms with Crippen LogP contribution in [0.4, 0.5) is 0 Å². The molecule has 0 aromatic heterocycles. The fourth-order valence-electron chi connectivity index (χ4n) is 1.68. The SMILES string of the molecule is CC1(C)C(=O)C(C)(Br)C1(C)C. The van der Waals surface area contributed by atoms with Gasteiger partial charge in [0.2, 0.25) is 0 Å². The molecule has 1 aliphatic rings. The molecule has 2 heteroatoms. The minimum absolute atomic E-state index is 0.0527. The first-order valence-electron chi connectivity index (χ1n) is 3.89. The summed E-state index contributed by atoms with van der Waals surface area (Å²) < 4.78 is -0.316. The van der Waals surface area contributed by atoms with Gasteiger partial charge < -0.3 is 0 Å². The first-order valence-corrected chi connectivity index (χ1v) is 4.69. The standard InChI is InChI=1S/C9H15BrO/c1-7(2)6(11)9(5,10)8(7,3)4/h1-5H3. The fourth-order valence-corrected chi connectivity index (χ4v) is 2.67. The number of rotatable bonds is 0. The number of Topliss-reactive ketones (excluding diaryl/α,β-unsaturated/α-hetero) is 1. The summed E-state index contributed by atoms with van der Waals surface area (Å²) in [5.41, 5.74) is -0.123. The van der Waals surface area contributed by atoms with Crippen LogP contribution in [0.5, 0.6) is 0 Å². The molecule has 0 heterocycles. The summed E-state index contributed by atoms with van der Waals surface area (Å²) in [6, 6.07) is 0. The zero-order chi connectivity index (χ0) is 9.08. The molecule has 0 aliphatic heterocycles. The van der Waals surface area contributed by atoms with Gasteiger partial charge in [-0.3, -0.25) is 4.79 Å². The lowest BCUT2D eigenvalue weighted by Crippen LogP contribution is -2.69. The first kappa shape index (κ1) is 9.24. The van der Waals surface area contributed by atoms with E-state index in [0.717, 1.165) is 0 Å². The van der Waals surface area contributed by atoms with Gasteiger partial charge >= 0.3 is 0 Å². The number of hydrogen-bond donors (Lipinski definition) is 0. The molecule has 1 rings (SSSR count). The molecule has 0 saturated heterocycles. The number of alkyl halides is 1. The van der Waals surface area contributed by atoms with Crippen molar-refractivity contribution < 1.29 is 4.79 Å². The van der Waals surface area contributed by atoms with E-state index in [0.29, 0.717) is 5.78 Å². The van der Waals surface area contributed by atoms with Crippen molar-refractivity contribution >= 4 is 21.7 Å². The highest BCUT2D eigenvalue weighted by Gasteiger charge is 2.68. The van der Waals surface area contributed by atoms with Crippen LogP contribution in [-0.4, -0.2) is 10.1 Å². The second-order valence-electron chi connectivity index (χ2n) is 4.58. The Kier molecular flexibility index (Phi) is 1.60. The number of halogens is 1. The van der Waals surface area contributed by atoms with Gasteiger partial charge in [-0.25, -0.2) is 0 Å². The van der Waals surface area contributed by atoms with Gasteiger partial charge in [0, 0.05) is 5.41 Å². The Morgan fingerprint density at radius 2 is 1.45 bits per heavy atom. The Labute approximate surface area is 76.7 Å². The lowest BCUT2D eigenvalue weighted by molar-refractivity contribution is -0.158. The zero-order valence-corrected chi connectivity index (χ0v) is 9.37. The minimum Gasteiger partial charge on any atom is -0.297 e. The summed E-state index contributed by atoms with van der Waals surface area (Å²) >= 11 is 3.48. The molecule has 1 saturated carbocycles. The molecule has 11 heavy (non-hydrogen) atoms. The van der Waals surface area contributed by atoms with Crippen LogP contribution in [0.1, 0.15) is 34.6 Å². The summed E-state index contributed by atoms with van der Waals surface area (Å²) in [5.74, 6) is 0.315. The van der Waals surface area contributed by atoms with Gasteiger partial charge in [-0.1, -0.05) is 43.6 Å². The average molecular weight is 219 g/mol. The molecule has 1 atom stereocenters. The smallest absolute Gasteiger partial charge is 0.156 e. The van der Waals surface area contributed by atoms with Crippen molar-refractivity contribution in [2.24, 2.45) is 10.8 Å². The minimum atomic E-state index is -0.316. The van der Waals surface area contributed by atoms with E-state index in [1.165, 1.54) is 0 Å². The summed E-state index contributed by atoms with van der Waals surface area (Å²) in [7, 11) is 0. The molecular weight excluding hydrogens is 204 g/mol. The Morgan fingerprint density at radius 1 is 1.09 bits per heavy atom. The third-order valence-corrected chi connectivity index (χ3v) is 5.08. The lowest BCUT2D eigenvalue weighted by Gasteiger charge is -2.61. The van der Waals surface area contributed by atoms with E-state index in [9.17, 15) is 4.79 Å². The van der Waals surface area contributed by atoms with Crippen molar-refractivity contribution in [2.75, 3.05) is 0 Å². The van der Waals surface area contributed by atoms with Crippen LogP contribution < -0.4 is 0 Å². The molecule has 0 N–H and O–H groups in total. The molecule has 0 aromatic rings.